The van der Waals surface area contributed by atoms with Crippen molar-refractivity contribution in [1.29, 1.82) is 0 Å². The van der Waals surface area contributed by atoms with Crippen LogP contribution in [0.25, 0.3) is 0 Å². The fourth-order valence-corrected chi connectivity index (χ4v) is 11.3. The molecule has 0 amide bonds. The highest BCUT2D eigenvalue weighted by Gasteiger charge is 2.11. The van der Waals surface area contributed by atoms with E-state index in [0.29, 0.717) is 457 Å². The number of aliphatic hydroxyl groups is 1. The minimum Gasteiger partial charge on any atom is -0.491 e. The van der Waals surface area contributed by atoms with Crippen molar-refractivity contribution in [2.45, 2.75) is 48.2 Å². The van der Waals surface area contributed by atoms with E-state index in [0.717, 1.165) is 22.3 Å². The van der Waals surface area contributed by atoms with Crippen molar-refractivity contribution >= 4 is 0 Å². The van der Waals surface area contributed by atoms with Crippen molar-refractivity contribution in [3.63, 3.8) is 0 Å². The third-order valence-corrected chi connectivity index (χ3v) is 18.1. The lowest BCUT2D eigenvalue weighted by molar-refractivity contribution is -0.0141. The van der Waals surface area contributed by atoms with E-state index in [1.165, 1.54) is 0 Å². The van der Waals surface area contributed by atoms with Gasteiger partial charge in [-0.25, -0.2) is 0 Å². The van der Waals surface area contributed by atoms with Crippen molar-refractivity contribution < 1.29 is 171 Å². The predicted octanol–water partition coefficient (Wildman–Crippen LogP) is 11.2. The number of ether oxygens (including phenoxy) is 35. The van der Waals surface area contributed by atoms with Gasteiger partial charge in [0.2, 0.25) is 0 Å². The summed E-state index contributed by atoms with van der Waals surface area (Å²) < 4.78 is 197. The highest BCUT2D eigenvalue weighted by molar-refractivity contribution is 5.43. The van der Waals surface area contributed by atoms with Crippen LogP contribution in [0.15, 0.2) is 158 Å². The zero-order valence-electron chi connectivity index (χ0n) is 81.7. The van der Waals surface area contributed by atoms with Gasteiger partial charge in [0, 0.05) is 43.0 Å². The number of hydrogen-bond donors (Lipinski definition) is 1. The molecule has 0 saturated carbocycles. The van der Waals surface area contributed by atoms with Crippen LogP contribution in [-0.2, 0) is 164 Å². The van der Waals surface area contributed by atoms with Crippen molar-refractivity contribution in [2.75, 3.05) is 403 Å². The Bertz CT molecular complexity index is 3290. The van der Waals surface area contributed by atoms with Crippen LogP contribution in [-0.4, -0.2) is 408 Å². The molecule has 0 aliphatic carbocycles. The van der Waals surface area contributed by atoms with Crippen LogP contribution in [0.1, 0.15) is 44.0 Å². The maximum Gasteiger partial charge on any atom is 0.126 e. The fourth-order valence-electron chi connectivity index (χ4n) is 11.3. The molecule has 0 fully saturated rings. The highest BCUT2D eigenvalue weighted by Crippen LogP contribution is 2.30. The zero-order chi connectivity index (χ0) is 96.9. The maximum absolute atomic E-state index is 8.71. The number of aliphatic hydroxyl groups excluding tert-OH is 1. The van der Waals surface area contributed by atoms with E-state index in [2.05, 4.69) is 0 Å². The smallest absolute Gasteiger partial charge is 0.126 e. The van der Waals surface area contributed by atoms with Crippen molar-refractivity contribution in [1.82, 2.24) is 0 Å². The van der Waals surface area contributed by atoms with Crippen LogP contribution in [0.5, 0.6) is 34.5 Å². The molecule has 0 aromatic heterocycles. The second-order valence-corrected chi connectivity index (χ2v) is 29.1. The molecule has 1 N–H and O–H groups in total. The fraction of sp³-hybridized carbons (Fsp3) is 0.654. The second-order valence-electron chi connectivity index (χ2n) is 29.1. The average molecular weight is 1990 g/mol. The van der Waals surface area contributed by atoms with E-state index in [4.69, 9.17) is 171 Å². The maximum atomic E-state index is 8.71. The first-order chi connectivity index (χ1) is 68.7. The van der Waals surface area contributed by atoms with Gasteiger partial charge < -0.3 is 171 Å². The van der Waals surface area contributed by atoms with E-state index in [1.54, 1.807) is 18.2 Å². The Balaban J connectivity index is 0.000000710. The van der Waals surface area contributed by atoms with E-state index in [-0.39, 0.29) is 21.5 Å². The highest BCUT2D eigenvalue weighted by atomic mass is 16.6. The number of benzene rings is 6. The van der Waals surface area contributed by atoms with E-state index < -0.39 is 0 Å². The van der Waals surface area contributed by atoms with Gasteiger partial charge in [0.05, 0.1) is 383 Å². The van der Waals surface area contributed by atoms with Crippen LogP contribution in [0.2, 0.25) is 0 Å². The summed E-state index contributed by atoms with van der Waals surface area (Å²) in [5.74, 6) is 3.47. The van der Waals surface area contributed by atoms with Crippen LogP contribution >= 0.6 is 0 Å². The minimum atomic E-state index is 0. The molecule has 0 atom stereocenters. The molecule has 36 heteroatoms. The average Bonchev–Trinajstić information content (AvgIpc) is 0.870. The Morgan fingerprint density at radius 2 is 0.257 bits per heavy atom. The zero-order valence-corrected chi connectivity index (χ0v) is 81.7. The Labute approximate surface area is 832 Å². The van der Waals surface area contributed by atoms with Crippen LogP contribution in [0.3, 0.4) is 0 Å². The van der Waals surface area contributed by atoms with E-state index >= 15 is 0 Å². The minimum absolute atomic E-state index is 0. The molecule has 0 unspecified atom stereocenters. The monoisotopic (exact) mass is 1990 g/mol. The Morgan fingerprint density at radius 1 is 0.143 bits per heavy atom. The Kier molecular flexibility index (Phi) is 92.5. The normalized spacial score (nSPS) is 11.2. The topological polar surface area (TPSA) is 343 Å². The lowest BCUT2D eigenvalue weighted by atomic mass is 10.2. The van der Waals surface area contributed by atoms with Gasteiger partial charge in [-0.2, -0.15) is 0 Å². The first kappa shape index (κ1) is 127. The molecule has 0 saturated heterocycles. The van der Waals surface area contributed by atoms with Crippen LogP contribution in [0.4, 0.5) is 0 Å². The molecule has 0 heterocycles. The summed E-state index contributed by atoms with van der Waals surface area (Å²) in [6.07, 6.45) is 0. The molecule has 0 aliphatic heterocycles. The third-order valence-electron chi connectivity index (χ3n) is 18.1. The summed E-state index contributed by atoms with van der Waals surface area (Å²) in [5, 5.41) is 8.71. The number of rotatable bonds is 104. The van der Waals surface area contributed by atoms with Crippen molar-refractivity contribution in [3.05, 3.63) is 180 Å². The molecule has 140 heavy (non-hydrogen) atoms. The first-order valence-corrected chi connectivity index (χ1v) is 48.2. The first-order valence-electron chi connectivity index (χ1n) is 48.2. The molecule has 6 rings (SSSR count). The van der Waals surface area contributed by atoms with Gasteiger partial charge in [0.15, 0.2) is 0 Å². The number of hydrogen-bond acceptors (Lipinski definition) is 36. The molecular formula is C104H168O36. The van der Waals surface area contributed by atoms with E-state index in [9.17, 15) is 0 Å². The van der Waals surface area contributed by atoms with Gasteiger partial charge in [-0.15, -0.1) is 0 Å². The van der Waals surface area contributed by atoms with Crippen LogP contribution < -0.4 is 28.4 Å². The molecule has 0 spiro atoms. The van der Waals surface area contributed by atoms with Crippen molar-refractivity contribution in [2.24, 2.45) is 0 Å². The molecular weight excluding hydrogens is 1830 g/mol. The predicted molar refractivity (Wildman–Crippen MR) is 527 cm³/mol. The Morgan fingerprint density at radius 3 is 0.386 bits per heavy atom. The van der Waals surface area contributed by atoms with Gasteiger partial charge in [-0.05, 0) is 29.2 Å². The molecule has 6 aromatic carbocycles. The van der Waals surface area contributed by atoms with Gasteiger partial charge in [0.25, 0.3) is 0 Å². The lowest BCUT2D eigenvalue weighted by Crippen LogP contribution is -2.15. The summed E-state index contributed by atoms with van der Waals surface area (Å²) in [5.41, 5.74) is 4.58. The second kappa shape index (κ2) is 102. The van der Waals surface area contributed by atoms with Gasteiger partial charge in [-0.3, -0.25) is 0 Å². The molecule has 0 radical (unpaired) electrons. The summed E-state index contributed by atoms with van der Waals surface area (Å²) in [6.45, 7) is 31.7. The molecule has 0 bridgehead atoms. The summed E-state index contributed by atoms with van der Waals surface area (Å²) in [4.78, 5) is 0. The summed E-state index contributed by atoms with van der Waals surface area (Å²) >= 11 is 0. The Hall–Kier alpha value is -7.08. The molecule has 6 aromatic rings. The van der Waals surface area contributed by atoms with Crippen molar-refractivity contribution in [3.8, 4) is 34.5 Å². The van der Waals surface area contributed by atoms with Gasteiger partial charge in [0.1, 0.15) is 74.1 Å². The molecule has 800 valence electrons. The molecule has 0 aliphatic rings. The summed E-state index contributed by atoms with van der Waals surface area (Å²) in [7, 11) is 0. The van der Waals surface area contributed by atoms with Gasteiger partial charge >= 0.3 is 0 Å². The quantitative estimate of drug-likeness (QED) is 0.0347. The van der Waals surface area contributed by atoms with Crippen LogP contribution in [0, 0.1) is 0 Å². The standard InChI is InChI=1S/C52H82O18.C50H78O18.2CH4/c1-2-53-13-14-54-15-16-55-17-20-58-27-30-63-37-40-68-50-43-51(69-41-38-64-31-28-59-21-18-56-23-25-61-33-35-66-46-48-9-5-3-6-10-48)45-52(44-50)70-42-39-65-32-29-60-22-19-57-24-26-62-34-36-67-47-49-11-7-4-8-12-49;51-11-12-52-13-14-53-15-16-56-25-28-61-35-38-66-48-41-49(67-39-36-62-29-26-57-19-17-54-21-23-59-31-33-64-44-46-7-3-1-4-8-46)43-50(42-48)68-40-37-63-30-27-58-20-18-55-22-24-60-32-34-65-45-47-9-5-2-6-10-47;;/h3-12,43-45H,2,13-42,46-47H2,1H3;1-10,41-43,51H,11-40,44-45H2;2*1H4. The SMILES string of the molecule is C.C.CCOCCOCCOCCOCCOCCOc1cc(OCCOCCOCCOCCOCCOCc2ccccc2)cc(OCCOCCOCCOCCOCCOCc2ccccc2)c1.OCCOCCOCCOCCOCCOc1cc(OCCOCCOCCOCCOCCOCc2ccccc2)cc(OCCOCCOCCOCCOCCOCc2ccccc2)c1. The molecule has 36 nitrogen and oxygen atoms in total. The summed E-state index contributed by atoms with van der Waals surface area (Å²) in [6, 6.07) is 51.0. The van der Waals surface area contributed by atoms with E-state index in [1.807, 2.05) is 146 Å². The largest absolute Gasteiger partial charge is 0.491 e. The van der Waals surface area contributed by atoms with Gasteiger partial charge in [-0.1, -0.05) is 136 Å². The third kappa shape index (κ3) is 83.3. The lowest BCUT2D eigenvalue weighted by Gasteiger charge is -2.14.